The van der Waals surface area contributed by atoms with Gasteiger partial charge in [-0.15, -0.1) is 0 Å². The first-order valence-corrected chi connectivity index (χ1v) is 11.1. The van der Waals surface area contributed by atoms with E-state index in [9.17, 15) is 4.79 Å². The Morgan fingerprint density at radius 3 is 2.05 bits per heavy atom. The summed E-state index contributed by atoms with van der Waals surface area (Å²) in [6.07, 6.45) is 3.26. The Labute approximate surface area is 127 Å². The van der Waals surface area contributed by atoms with Crippen molar-refractivity contribution >= 4 is 30.5 Å². The molecule has 20 heavy (non-hydrogen) atoms. The molecule has 0 bridgehead atoms. The molecular formula is C16H25ClNOP. The number of amides is 1. The van der Waals surface area contributed by atoms with E-state index in [4.69, 9.17) is 11.6 Å². The Morgan fingerprint density at radius 2 is 1.70 bits per heavy atom. The molecule has 112 valence electrons. The van der Waals surface area contributed by atoms with Crippen LogP contribution in [-0.4, -0.2) is 31.1 Å². The molecule has 1 saturated carbocycles. The number of hydrogen-bond acceptors (Lipinski definition) is 1. The van der Waals surface area contributed by atoms with Gasteiger partial charge in [-0.25, -0.2) is 0 Å². The zero-order chi connectivity index (χ0) is 15.1. The summed E-state index contributed by atoms with van der Waals surface area (Å²) in [5, 5.41) is 3.82. The predicted octanol–water partition coefficient (Wildman–Crippen LogP) is 4.46. The second kappa shape index (κ2) is 5.31. The second-order valence-electron chi connectivity index (χ2n) is 7.05. The second-order valence-corrected chi connectivity index (χ2v) is 12.9. The van der Waals surface area contributed by atoms with Crippen molar-refractivity contribution in [2.75, 3.05) is 25.3 Å². The van der Waals surface area contributed by atoms with E-state index in [1.54, 1.807) is 0 Å². The molecule has 1 aliphatic carbocycles. The van der Waals surface area contributed by atoms with Gasteiger partial charge >= 0.3 is 127 Å². The minimum atomic E-state index is -1.52. The third-order valence-electron chi connectivity index (χ3n) is 4.81. The first kappa shape index (κ1) is 15.8. The third kappa shape index (κ3) is 2.61. The molecule has 1 amide bonds. The van der Waals surface area contributed by atoms with E-state index in [2.05, 4.69) is 25.3 Å². The van der Waals surface area contributed by atoms with Crippen molar-refractivity contribution in [1.82, 2.24) is 0 Å². The molecule has 4 heteroatoms. The summed E-state index contributed by atoms with van der Waals surface area (Å²) >= 11 is 6.05. The van der Waals surface area contributed by atoms with E-state index in [1.807, 2.05) is 26.0 Å². The average Bonchev–Trinajstić information content (AvgIpc) is 2.19. The molecule has 0 radical (unpaired) electrons. The van der Waals surface area contributed by atoms with Gasteiger partial charge in [0.05, 0.1) is 0 Å². The summed E-state index contributed by atoms with van der Waals surface area (Å²) in [6, 6.07) is 3.82. The quantitative estimate of drug-likeness (QED) is 0.820. The number of hydrogen-bond donors (Lipinski definition) is 1. The van der Waals surface area contributed by atoms with Crippen LogP contribution >= 0.6 is 18.9 Å². The SMILES string of the molecule is Cc1cc(Cl)cc(C)c1NC(=O)C1([PH](C)(C)C)CCC1. The number of carbonyl (C=O) groups excluding carboxylic acids is 1. The van der Waals surface area contributed by atoms with Gasteiger partial charge in [0.25, 0.3) is 0 Å². The Morgan fingerprint density at radius 1 is 1.20 bits per heavy atom. The van der Waals surface area contributed by atoms with Crippen molar-refractivity contribution in [3.05, 3.63) is 28.3 Å². The Balaban J connectivity index is 2.29. The number of benzene rings is 1. The van der Waals surface area contributed by atoms with E-state index < -0.39 is 7.26 Å². The fourth-order valence-electron chi connectivity index (χ4n) is 3.19. The predicted molar refractivity (Wildman–Crippen MR) is 92.2 cm³/mol. The summed E-state index contributed by atoms with van der Waals surface area (Å²) in [5.41, 5.74) is 3.01. The Kier molecular flexibility index (Phi) is 4.19. The van der Waals surface area contributed by atoms with Gasteiger partial charge in [-0.2, -0.15) is 0 Å². The van der Waals surface area contributed by atoms with Crippen LogP contribution in [0.25, 0.3) is 0 Å². The van der Waals surface area contributed by atoms with Gasteiger partial charge in [0.15, 0.2) is 0 Å². The van der Waals surface area contributed by atoms with Gasteiger partial charge in [-0.3, -0.25) is 0 Å². The van der Waals surface area contributed by atoms with Crippen molar-refractivity contribution in [3.63, 3.8) is 0 Å². The van der Waals surface area contributed by atoms with Crippen LogP contribution in [0.15, 0.2) is 12.1 Å². The first-order chi connectivity index (χ1) is 9.17. The van der Waals surface area contributed by atoms with Gasteiger partial charge in [0.2, 0.25) is 0 Å². The van der Waals surface area contributed by atoms with Crippen LogP contribution in [0.4, 0.5) is 5.69 Å². The Hall–Kier alpha value is -0.590. The molecule has 1 aliphatic rings. The molecule has 1 aromatic rings. The topological polar surface area (TPSA) is 29.1 Å². The number of anilines is 1. The van der Waals surface area contributed by atoms with Crippen molar-refractivity contribution in [2.24, 2.45) is 0 Å². The van der Waals surface area contributed by atoms with Gasteiger partial charge in [-0.05, 0) is 0 Å². The molecule has 0 heterocycles. The number of aryl methyl sites for hydroxylation is 2. The average molecular weight is 314 g/mol. The molecule has 0 spiro atoms. The molecule has 0 aromatic heterocycles. The zero-order valence-electron chi connectivity index (χ0n) is 13.1. The normalized spacial score (nSPS) is 18.3. The molecule has 2 nitrogen and oxygen atoms in total. The molecule has 1 N–H and O–H groups in total. The van der Waals surface area contributed by atoms with Gasteiger partial charge in [0.1, 0.15) is 0 Å². The van der Waals surface area contributed by atoms with E-state index >= 15 is 0 Å². The standard InChI is InChI=1S/C16H25ClNOP/c1-11-9-13(17)10-12(2)14(11)18-15(19)16(7-6-8-16)20(3,4)5/h9-10,20H,6-8H2,1-5H3,(H,18,19). The fourth-order valence-corrected chi connectivity index (χ4v) is 6.11. The van der Waals surface area contributed by atoms with Crippen LogP contribution in [0.5, 0.6) is 0 Å². The third-order valence-corrected chi connectivity index (χ3v) is 8.63. The summed E-state index contributed by atoms with van der Waals surface area (Å²) in [7, 11) is -1.52. The van der Waals surface area contributed by atoms with Crippen molar-refractivity contribution in [3.8, 4) is 0 Å². The van der Waals surface area contributed by atoms with E-state index in [1.165, 1.54) is 6.42 Å². The first-order valence-electron chi connectivity index (χ1n) is 7.25. The molecule has 0 aliphatic heterocycles. The molecule has 0 unspecified atom stereocenters. The summed E-state index contributed by atoms with van der Waals surface area (Å²) in [5.74, 6) is 0.219. The minimum absolute atomic E-state index is 0.0917. The van der Waals surface area contributed by atoms with Crippen LogP contribution in [0.2, 0.25) is 5.02 Å². The van der Waals surface area contributed by atoms with Crippen LogP contribution in [0, 0.1) is 13.8 Å². The van der Waals surface area contributed by atoms with Gasteiger partial charge < -0.3 is 0 Å². The number of carbonyl (C=O) groups is 1. The number of rotatable bonds is 3. The maximum absolute atomic E-state index is 12.8. The molecule has 2 rings (SSSR count). The Bertz CT molecular complexity index is 521. The summed E-state index contributed by atoms with van der Waals surface area (Å²) in [6.45, 7) is 10.9. The van der Waals surface area contributed by atoms with Crippen molar-refractivity contribution in [1.29, 1.82) is 0 Å². The molecular weight excluding hydrogens is 289 g/mol. The van der Waals surface area contributed by atoms with E-state index in [0.717, 1.165) is 34.7 Å². The summed E-state index contributed by atoms with van der Waals surface area (Å²) < 4.78 is 0. The van der Waals surface area contributed by atoms with Gasteiger partial charge in [-0.1, -0.05) is 0 Å². The van der Waals surface area contributed by atoms with Gasteiger partial charge in [0, 0.05) is 0 Å². The van der Waals surface area contributed by atoms with E-state index in [0.29, 0.717) is 0 Å². The molecule has 1 aromatic carbocycles. The van der Waals surface area contributed by atoms with Crippen LogP contribution in [0.1, 0.15) is 30.4 Å². The molecule has 0 saturated heterocycles. The van der Waals surface area contributed by atoms with Crippen molar-refractivity contribution < 1.29 is 4.79 Å². The molecule has 1 fully saturated rings. The molecule has 0 atom stereocenters. The van der Waals surface area contributed by atoms with Crippen LogP contribution < -0.4 is 5.32 Å². The fraction of sp³-hybridized carbons (Fsp3) is 0.562. The number of nitrogens with one attached hydrogen (secondary N) is 1. The monoisotopic (exact) mass is 313 g/mol. The summed E-state index contributed by atoms with van der Waals surface area (Å²) in [4.78, 5) is 12.8. The van der Waals surface area contributed by atoms with Crippen LogP contribution in [0.3, 0.4) is 0 Å². The maximum atomic E-state index is 12.8. The number of halogens is 1. The van der Waals surface area contributed by atoms with Crippen molar-refractivity contribution in [2.45, 2.75) is 38.3 Å². The zero-order valence-corrected chi connectivity index (χ0v) is 14.8. The van der Waals surface area contributed by atoms with Crippen LogP contribution in [-0.2, 0) is 4.79 Å². The van der Waals surface area contributed by atoms with E-state index in [-0.39, 0.29) is 11.1 Å².